The summed E-state index contributed by atoms with van der Waals surface area (Å²) in [6, 6.07) is 0. The third-order valence-electron chi connectivity index (χ3n) is 1.64. The number of hydrogen-bond donors (Lipinski definition) is 0. The molecule has 0 aliphatic rings. The first-order chi connectivity index (χ1) is 11.1. The van der Waals surface area contributed by atoms with Crippen LogP contribution in [0.4, 0.5) is 52.7 Å². The average Bonchev–Trinajstić information content (AvgIpc) is 2.34. The summed E-state index contributed by atoms with van der Waals surface area (Å²) in [5.41, 5.74) is 0. The summed E-state index contributed by atoms with van der Waals surface area (Å²) in [7, 11) is 0. The van der Waals surface area contributed by atoms with E-state index in [4.69, 9.17) is 0 Å². The van der Waals surface area contributed by atoms with Crippen molar-refractivity contribution >= 4 is 23.1 Å². The van der Waals surface area contributed by atoms with E-state index in [1.807, 2.05) is 0 Å². The first-order valence-corrected chi connectivity index (χ1v) is 5.24. The van der Waals surface area contributed by atoms with Crippen molar-refractivity contribution in [3.63, 3.8) is 0 Å². The van der Waals surface area contributed by atoms with Crippen LogP contribution < -0.4 is 0 Å². The largest absolute Gasteiger partial charge is 2.00 e. The Hall–Kier alpha value is -1.97. The SMILES string of the molecule is O.O=C([CH-]C(=O)C(F)(F)F)C(F)(F)F.O=C([CH-]C(=O)C(F)(F)F)C(F)(F)F.[Ni+2]. The fraction of sp³-hybridized carbons (Fsp3) is 0.400. The molecule has 28 heavy (non-hydrogen) atoms. The van der Waals surface area contributed by atoms with Crippen molar-refractivity contribution in [3.8, 4) is 0 Å². The third kappa shape index (κ3) is 14.1. The predicted molar refractivity (Wildman–Crippen MR) is 56.5 cm³/mol. The molecule has 0 atom stereocenters. The van der Waals surface area contributed by atoms with Crippen molar-refractivity contribution in [1.82, 2.24) is 0 Å². The first kappa shape index (κ1) is 33.6. The minimum absolute atomic E-state index is 0. The van der Waals surface area contributed by atoms with E-state index in [0.717, 1.165) is 0 Å². The molecule has 0 fully saturated rings. The Labute approximate surface area is 155 Å². The van der Waals surface area contributed by atoms with Crippen LogP contribution >= 0.6 is 0 Å². The van der Waals surface area contributed by atoms with Crippen LogP contribution in [0, 0.1) is 12.8 Å². The van der Waals surface area contributed by atoms with Crippen LogP contribution in [-0.4, -0.2) is 53.3 Å². The molecule has 18 heteroatoms. The van der Waals surface area contributed by atoms with Crippen LogP contribution in [-0.2, 0) is 35.7 Å². The van der Waals surface area contributed by atoms with Gasteiger partial charge in [0.05, 0.1) is 0 Å². The molecule has 0 saturated carbocycles. The van der Waals surface area contributed by atoms with Crippen molar-refractivity contribution in [3.05, 3.63) is 12.8 Å². The monoisotopic (exact) mass is 490 g/mol. The molecule has 0 amide bonds. The number of hydrogen-bond acceptors (Lipinski definition) is 4. The van der Waals surface area contributed by atoms with E-state index in [1.54, 1.807) is 0 Å². The van der Waals surface area contributed by atoms with Crippen LogP contribution in [0.25, 0.3) is 0 Å². The summed E-state index contributed by atoms with van der Waals surface area (Å²) >= 11 is 0. The molecule has 0 rings (SSSR count). The van der Waals surface area contributed by atoms with Gasteiger partial charge in [-0.1, -0.05) is 0 Å². The molecule has 0 bridgehead atoms. The molecule has 0 aromatic rings. The minimum atomic E-state index is -5.46. The Balaban J connectivity index is -0.000000192. The second-order valence-electron chi connectivity index (χ2n) is 3.74. The summed E-state index contributed by atoms with van der Waals surface area (Å²) in [5, 5.41) is 0. The van der Waals surface area contributed by atoms with Gasteiger partial charge in [0, 0.05) is 0 Å². The predicted octanol–water partition coefficient (Wildman–Crippen LogP) is 2.08. The topological polar surface area (TPSA) is 99.8 Å². The molecule has 0 aromatic heterocycles. The first-order valence-electron chi connectivity index (χ1n) is 5.24. The Morgan fingerprint density at radius 1 is 0.429 bits per heavy atom. The van der Waals surface area contributed by atoms with Crippen LogP contribution in [0.3, 0.4) is 0 Å². The van der Waals surface area contributed by atoms with Crippen molar-refractivity contribution < 1.29 is 93.8 Å². The molecule has 0 spiro atoms. The van der Waals surface area contributed by atoms with Gasteiger partial charge in [-0.05, 0) is 0 Å². The van der Waals surface area contributed by atoms with Gasteiger partial charge in [0.25, 0.3) is 0 Å². The number of carbonyl (C=O) groups excluding carboxylic acids is 4. The van der Waals surface area contributed by atoms with Gasteiger partial charge in [0.2, 0.25) is 0 Å². The molecular formula is C10H4F12NiO5. The summed E-state index contributed by atoms with van der Waals surface area (Å²) in [6.07, 6.45) is -23.9. The number of Topliss-reactive ketones (excluding diaryl/α,β-unsaturated/α-hetero) is 4. The summed E-state index contributed by atoms with van der Waals surface area (Å²) < 4.78 is 136. The summed E-state index contributed by atoms with van der Waals surface area (Å²) in [4.78, 5) is 39.3. The molecule has 0 radical (unpaired) electrons. The van der Waals surface area contributed by atoms with Gasteiger partial charge in [-0.15, -0.1) is 0 Å². The molecule has 5 nitrogen and oxygen atoms in total. The molecule has 168 valence electrons. The zero-order valence-corrected chi connectivity index (χ0v) is 13.1. The summed E-state index contributed by atoms with van der Waals surface area (Å²) in [5.74, 6) is -11.3. The Morgan fingerprint density at radius 2 is 0.536 bits per heavy atom. The van der Waals surface area contributed by atoms with E-state index < -0.39 is 60.7 Å². The number of halogens is 12. The number of rotatable bonds is 4. The van der Waals surface area contributed by atoms with Gasteiger partial charge in [-0.3, -0.25) is 0 Å². The fourth-order valence-electron chi connectivity index (χ4n) is 0.565. The second-order valence-corrected chi connectivity index (χ2v) is 3.74. The van der Waals surface area contributed by atoms with Crippen molar-refractivity contribution in [1.29, 1.82) is 0 Å². The molecule has 0 saturated heterocycles. The third-order valence-corrected chi connectivity index (χ3v) is 1.64. The number of carbonyl (C=O) groups is 4. The minimum Gasteiger partial charge on any atom is -0.412 e. The van der Waals surface area contributed by atoms with Gasteiger partial charge in [0.15, 0.2) is 0 Å². The van der Waals surface area contributed by atoms with Crippen LogP contribution in [0.1, 0.15) is 0 Å². The average molecular weight is 491 g/mol. The van der Waals surface area contributed by atoms with Crippen molar-refractivity contribution in [2.24, 2.45) is 0 Å². The molecular weight excluding hydrogens is 487 g/mol. The number of alkyl halides is 12. The summed E-state index contributed by atoms with van der Waals surface area (Å²) in [6.45, 7) is 0. The van der Waals surface area contributed by atoms with Crippen LogP contribution in [0.2, 0.25) is 0 Å². The van der Waals surface area contributed by atoms with E-state index in [0.29, 0.717) is 0 Å². The quantitative estimate of drug-likeness (QED) is 0.261. The molecule has 0 aliphatic heterocycles. The maximum Gasteiger partial charge on any atom is 2.00 e. The molecule has 0 unspecified atom stereocenters. The van der Waals surface area contributed by atoms with Gasteiger partial charge in [-0.25, -0.2) is 12.8 Å². The van der Waals surface area contributed by atoms with Crippen LogP contribution in [0.15, 0.2) is 0 Å². The molecule has 0 aliphatic carbocycles. The second kappa shape index (κ2) is 11.1. The van der Waals surface area contributed by atoms with E-state index in [1.165, 1.54) is 0 Å². The van der Waals surface area contributed by atoms with Gasteiger partial charge >= 0.3 is 41.2 Å². The Morgan fingerprint density at radius 3 is 0.607 bits per heavy atom. The molecule has 2 N–H and O–H groups in total. The number of ketones is 4. The fourth-order valence-corrected chi connectivity index (χ4v) is 0.565. The van der Waals surface area contributed by atoms with E-state index in [-0.39, 0.29) is 22.0 Å². The Bertz CT molecular complexity index is 459. The standard InChI is InChI=1S/2C5HF6O2.Ni.H2O/c2*6-4(7,8)2(12)1-3(13)5(9,10)11;;/h2*1H;;1H2/q2*-1;+2;. The maximum atomic E-state index is 11.3. The smallest absolute Gasteiger partial charge is 0.412 e. The zero-order chi connectivity index (χ0) is 21.7. The van der Waals surface area contributed by atoms with E-state index in [9.17, 15) is 71.9 Å². The van der Waals surface area contributed by atoms with Crippen molar-refractivity contribution in [2.75, 3.05) is 0 Å². The molecule has 0 heterocycles. The van der Waals surface area contributed by atoms with Gasteiger partial charge in [-0.2, -0.15) is 52.7 Å². The van der Waals surface area contributed by atoms with Crippen molar-refractivity contribution in [2.45, 2.75) is 24.7 Å². The normalized spacial score (nSPS) is 11.6. The van der Waals surface area contributed by atoms with E-state index >= 15 is 0 Å². The van der Waals surface area contributed by atoms with Gasteiger partial charge < -0.3 is 24.7 Å². The Kier molecular flexibility index (Phi) is 13.4. The van der Waals surface area contributed by atoms with Crippen LogP contribution in [0.5, 0.6) is 0 Å². The molecule has 0 aromatic carbocycles. The zero-order valence-electron chi connectivity index (χ0n) is 12.1. The maximum absolute atomic E-state index is 11.3. The van der Waals surface area contributed by atoms with E-state index in [2.05, 4.69) is 0 Å². The van der Waals surface area contributed by atoms with Gasteiger partial charge in [0.1, 0.15) is 23.1 Å².